The number of carbonyl (C=O) groups excluding carboxylic acids is 2. The molecule has 1 heterocycles. The van der Waals surface area contributed by atoms with E-state index in [9.17, 15) is 23.5 Å². The summed E-state index contributed by atoms with van der Waals surface area (Å²) in [6.07, 6.45) is 0. The molecule has 1 aliphatic heterocycles. The van der Waals surface area contributed by atoms with Crippen LogP contribution in [0.4, 0.5) is 14.5 Å². The van der Waals surface area contributed by atoms with Crippen molar-refractivity contribution in [2.24, 2.45) is 5.41 Å². The fraction of sp³-hybridized carbons (Fsp3) is 0.333. The van der Waals surface area contributed by atoms with E-state index in [-0.39, 0.29) is 11.3 Å². The lowest BCUT2D eigenvalue weighted by atomic mass is 9.82. The number of hydrogen-bond acceptors (Lipinski definition) is 5. The van der Waals surface area contributed by atoms with E-state index >= 15 is 0 Å². The molecule has 3 rings (SSSR count). The molecule has 0 bridgehead atoms. The minimum Gasteiger partial charge on any atom is -0.503 e. The summed E-state index contributed by atoms with van der Waals surface area (Å²) in [5.41, 5.74) is -0.610. The molecule has 1 N–H and O–H groups in total. The van der Waals surface area contributed by atoms with Crippen molar-refractivity contribution in [3.8, 4) is 11.5 Å². The number of hydrogen-bond donors (Lipinski definition) is 1. The van der Waals surface area contributed by atoms with Gasteiger partial charge in [-0.3, -0.25) is 14.5 Å². The number of anilines is 1. The molecule has 8 heteroatoms. The molecule has 2 aromatic rings. The van der Waals surface area contributed by atoms with Crippen LogP contribution in [-0.4, -0.2) is 30.5 Å². The van der Waals surface area contributed by atoms with Crippen molar-refractivity contribution in [1.82, 2.24) is 0 Å². The quantitative estimate of drug-likeness (QED) is 0.685. The fourth-order valence-electron chi connectivity index (χ4n) is 3.59. The maximum Gasteiger partial charge on any atom is 0.294 e. The number of carbonyl (C=O) groups is 2. The molecule has 1 unspecified atom stereocenters. The zero-order valence-electron chi connectivity index (χ0n) is 18.5. The highest BCUT2D eigenvalue weighted by Gasteiger charge is 2.47. The predicted molar refractivity (Wildman–Crippen MR) is 115 cm³/mol. The van der Waals surface area contributed by atoms with E-state index in [1.165, 1.54) is 13.2 Å². The summed E-state index contributed by atoms with van der Waals surface area (Å²) in [5.74, 6) is -3.49. The van der Waals surface area contributed by atoms with Crippen molar-refractivity contribution in [3.05, 3.63) is 64.9 Å². The minimum atomic E-state index is -1.16. The van der Waals surface area contributed by atoms with E-state index in [1.807, 2.05) is 0 Å². The number of aliphatic hydroxyl groups is 1. The molecule has 0 aliphatic carbocycles. The first-order valence-corrected chi connectivity index (χ1v) is 10.1. The molecule has 1 aliphatic rings. The third-order valence-electron chi connectivity index (χ3n) is 5.12. The third-order valence-corrected chi connectivity index (χ3v) is 5.12. The highest BCUT2D eigenvalue weighted by atomic mass is 19.2. The average Bonchev–Trinajstić information content (AvgIpc) is 3.00. The Morgan fingerprint density at radius 2 is 1.78 bits per heavy atom. The van der Waals surface area contributed by atoms with Gasteiger partial charge in [-0.25, -0.2) is 8.78 Å². The molecule has 0 spiro atoms. The van der Waals surface area contributed by atoms with E-state index in [0.717, 1.165) is 17.0 Å². The molecular formula is C24H25F2NO5. The largest absolute Gasteiger partial charge is 0.503 e. The number of aliphatic hydroxyl groups excluding tert-OH is 1. The molecule has 0 radical (unpaired) electrons. The molecule has 1 amide bonds. The van der Waals surface area contributed by atoms with Gasteiger partial charge in [0.05, 0.1) is 25.3 Å². The van der Waals surface area contributed by atoms with Gasteiger partial charge in [0.15, 0.2) is 34.7 Å². The van der Waals surface area contributed by atoms with Gasteiger partial charge < -0.3 is 14.6 Å². The van der Waals surface area contributed by atoms with Crippen LogP contribution < -0.4 is 14.4 Å². The molecule has 2 aromatic carbocycles. The maximum atomic E-state index is 14.0. The molecule has 0 aromatic heterocycles. The van der Waals surface area contributed by atoms with E-state index in [0.29, 0.717) is 23.7 Å². The Balaban J connectivity index is 2.25. The van der Waals surface area contributed by atoms with E-state index in [1.54, 1.807) is 45.9 Å². The number of Topliss-reactive ketones (excluding diaryl/α,β-unsaturated/α-hetero) is 1. The molecule has 0 fully saturated rings. The Kier molecular flexibility index (Phi) is 6.25. The number of nitrogens with zero attached hydrogens (tertiary/aromatic N) is 1. The van der Waals surface area contributed by atoms with Crippen LogP contribution >= 0.6 is 0 Å². The smallest absolute Gasteiger partial charge is 0.294 e. The summed E-state index contributed by atoms with van der Waals surface area (Å²) in [6, 6.07) is 6.71. The third kappa shape index (κ3) is 4.04. The average molecular weight is 445 g/mol. The highest BCUT2D eigenvalue weighted by Crippen LogP contribution is 2.45. The van der Waals surface area contributed by atoms with Gasteiger partial charge in [0.25, 0.3) is 5.91 Å². The number of methoxy groups -OCH3 is 1. The second-order valence-electron chi connectivity index (χ2n) is 8.36. The van der Waals surface area contributed by atoms with Crippen LogP contribution in [0.3, 0.4) is 0 Å². The van der Waals surface area contributed by atoms with Gasteiger partial charge in [-0.1, -0.05) is 26.8 Å². The Morgan fingerprint density at radius 3 is 2.34 bits per heavy atom. The van der Waals surface area contributed by atoms with Crippen molar-refractivity contribution in [2.45, 2.75) is 33.7 Å². The molecule has 0 saturated carbocycles. The van der Waals surface area contributed by atoms with Crippen LogP contribution in [0, 0.1) is 17.0 Å². The maximum absolute atomic E-state index is 14.0. The molecule has 170 valence electrons. The first-order chi connectivity index (χ1) is 15.0. The zero-order chi connectivity index (χ0) is 23.8. The lowest BCUT2D eigenvalue weighted by Gasteiger charge is -2.29. The van der Waals surface area contributed by atoms with Gasteiger partial charge in [-0.15, -0.1) is 0 Å². The second kappa shape index (κ2) is 8.61. The summed E-state index contributed by atoms with van der Waals surface area (Å²) in [5, 5.41) is 10.7. The Bertz CT molecular complexity index is 1100. The molecule has 6 nitrogen and oxygen atoms in total. The zero-order valence-corrected chi connectivity index (χ0v) is 18.5. The normalized spacial score (nSPS) is 16.5. The van der Waals surface area contributed by atoms with Gasteiger partial charge >= 0.3 is 0 Å². The lowest BCUT2D eigenvalue weighted by Crippen LogP contribution is -2.33. The molecule has 32 heavy (non-hydrogen) atoms. The van der Waals surface area contributed by atoms with Crippen LogP contribution in [0.5, 0.6) is 11.5 Å². The summed E-state index contributed by atoms with van der Waals surface area (Å²) < 4.78 is 38.5. The summed E-state index contributed by atoms with van der Waals surface area (Å²) >= 11 is 0. The molecular weight excluding hydrogens is 420 g/mol. The molecule has 0 saturated heterocycles. The van der Waals surface area contributed by atoms with Gasteiger partial charge in [-0.2, -0.15) is 0 Å². The summed E-state index contributed by atoms with van der Waals surface area (Å²) in [6.45, 7) is 7.12. The number of ketones is 1. The van der Waals surface area contributed by atoms with Crippen molar-refractivity contribution in [1.29, 1.82) is 0 Å². The van der Waals surface area contributed by atoms with E-state index in [2.05, 4.69) is 0 Å². The topological polar surface area (TPSA) is 76.1 Å². The number of rotatable bonds is 6. The summed E-state index contributed by atoms with van der Waals surface area (Å²) in [7, 11) is 1.48. The van der Waals surface area contributed by atoms with E-state index < -0.39 is 40.5 Å². The Hall–Kier alpha value is -3.42. The highest BCUT2D eigenvalue weighted by molar-refractivity contribution is 6.17. The Labute approximate surface area is 185 Å². The minimum absolute atomic E-state index is 0.00376. The van der Waals surface area contributed by atoms with Crippen molar-refractivity contribution in [3.63, 3.8) is 0 Å². The van der Waals surface area contributed by atoms with Crippen molar-refractivity contribution >= 4 is 17.4 Å². The first kappa shape index (κ1) is 23.2. The van der Waals surface area contributed by atoms with Crippen LogP contribution in [0.25, 0.3) is 0 Å². The van der Waals surface area contributed by atoms with Crippen molar-refractivity contribution in [2.75, 3.05) is 18.6 Å². The van der Waals surface area contributed by atoms with Crippen LogP contribution in [0.15, 0.2) is 47.7 Å². The van der Waals surface area contributed by atoms with Crippen LogP contribution in [-0.2, 0) is 9.59 Å². The second-order valence-corrected chi connectivity index (χ2v) is 8.36. The lowest BCUT2D eigenvalue weighted by molar-refractivity contribution is -0.123. The van der Waals surface area contributed by atoms with Gasteiger partial charge in [0, 0.05) is 17.2 Å². The van der Waals surface area contributed by atoms with Gasteiger partial charge in [0.1, 0.15) is 0 Å². The van der Waals surface area contributed by atoms with E-state index in [4.69, 9.17) is 9.47 Å². The fourth-order valence-corrected chi connectivity index (χ4v) is 3.59. The SMILES string of the molecule is CCOc1cc(C2C(C(=O)C(C)(C)C)=C(O)C(=O)N2c2ccc(F)c(F)c2)ccc1OC. The van der Waals surface area contributed by atoms with Crippen molar-refractivity contribution < 1.29 is 33.0 Å². The van der Waals surface area contributed by atoms with Crippen LogP contribution in [0.1, 0.15) is 39.3 Å². The number of halogens is 2. The number of amides is 1. The monoisotopic (exact) mass is 445 g/mol. The first-order valence-electron chi connectivity index (χ1n) is 10.1. The predicted octanol–water partition coefficient (Wildman–Crippen LogP) is 4.89. The Morgan fingerprint density at radius 1 is 1.09 bits per heavy atom. The van der Waals surface area contributed by atoms with Crippen LogP contribution in [0.2, 0.25) is 0 Å². The molecule has 1 atom stereocenters. The number of benzene rings is 2. The van der Waals surface area contributed by atoms with Gasteiger partial charge in [0.2, 0.25) is 0 Å². The number of ether oxygens (including phenoxy) is 2. The summed E-state index contributed by atoms with van der Waals surface area (Å²) in [4.78, 5) is 27.4. The standard InChI is InChI=1S/C24H25F2NO5/c1-6-32-18-11-13(7-10-17(18)31-5)20-19(22(29)24(2,3)4)21(28)23(30)27(20)14-8-9-15(25)16(26)12-14/h7-12,20,28H,6H2,1-5H3. The van der Waals surface area contributed by atoms with Gasteiger partial charge in [-0.05, 0) is 36.8 Å².